The molecule has 0 bridgehead atoms. The van der Waals surface area contributed by atoms with Crippen molar-refractivity contribution in [2.45, 2.75) is 25.7 Å². The second-order valence-corrected chi connectivity index (χ2v) is 5.64. The zero-order valence-corrected chi connectivity index (χ0v) is 11.2. The molecular formula is C9H18F7N2P. The van der Waals surface area contributed by atoms with Crippen molar-refractivity contribution in [3.8, 4) is 0 Å². The van der Waals surface area contributed by atoms with Gasteiger partial charge in [0.25, 0.3) is 0 Å². The van der Waals surface area contributed by atoms with Crippen molar-refractivity contribution in [1.29, 1.82) is 5.41 Å². The molecule has 0 atom stereocenters. The summed E-state index contributed by atoms with van der Waals surface area (Å²) in [5.74, 6) is 0. The van der Waals surface area contributed by atoms with Gasteiger partial charge in [0.15, 0.2) is 0 Å². The van der Waals surface area contributed by atoms with Gasteiger partial charge in [-0.15, -0.1) is 0 Å². The number of nitrogens with one attached hydrogen (secondary N) is 1. The second kappa shape index (κ2) is 7.17. The van der Waals surface area contributed by atoms with Gasteiger partial charge in [0.05, 0.1) is 26.4 Å². The second-order valence-electron chi connectivity index (χ2n) is 3.73. The van der Waals surface area contributed by atoms with Crippen molar-refractivity contribution >= 4 is 14.1 Å². The Morgan fingerprint density at radius 3 is 1.68 bits per heavy atom. The number of hydrogen-bond donors (Lipinski definition) is 1. The summed E-state index contributed by atoms with van der Waals surface area (Å²) in [5.41, 5.74) is 0. The van der Waals surface area contributed by atoms with Crippen LogP contribution in [0.15, 0.2) is 0 Å². The van der Waals surface area contributed by atoms with Gasteiger partial charge in [-0.2, -0.15) is 0 Å². The Balaban J connectivity index is 0. The Bertz CT molecular complexity index is 239. The van der Waals surface area contributed by atoms with Gasteiger partial charge in [-0.3, -0.25) is 9.80 Å². The van der Waals surface area contributed by atoms with Crippen molar-refractivity contribution < 1.29 is 29.6 Å². The molecule has 0 rings (SSSR count). The Hall–Kier alpha value is -0.720. The third kappa shape index (κ3) is 38.2. The van der Waals surface area contributed by atoms with Gasteiger partial charge < -0.3 is 4.90 Å². The first-order valence-corrected chi connectivity index (χ1v) is 7.49. The molecule has 0 aliphatic heterocycles. The van der Waals surface area contributed by atoms with Crippen molar-refractivity contribution in [2.24, 2.45) is 0 Å². The third-order valence-corrected chi connectivity index (χ3v) is 1.71. The van der Waals surface area contributed by atoms with E-state index in [-0.39, 0.29) is 6.67 Å². The van der Waals surface area contributed by atoms with Crippen LogP contribution >= 0.6 is 7.81 Å². The van der Waals surface area contributed by atoms with Crippen LogP contribution in [-0.4, -0.2) is 31.0 Å². The van der Waals surface area contributed by atoms with Gasteiger partial charge in [-0.05, 0) is 12.8 Å². The molecule has 0 saturated heterocycles. The van der Waals surface area contributed by atoms with E-state index in [1.165, 1.54) is 6.34 Å². The molecule has 10 heteroatoms. The monoisotopic (exact) mass is 318 g/mol. The summed E-state index contributed by atoms with van der Waals surface area (Å²) >= 11 is 0. The molecule has 19 heavy (non-hydrogen) atoms. The van der Waals surface area contributed by atoms with Gasteiger partial charge in [-0.25, -0.2) is 0 Å². The van der Waals surface area contributed by atoms with Crippen LogP contribution in [-0.2, 0) is 0 Å². The number of alkyl halides is 1. The minimum Gasteiger partial charge on any atom is -0.363 e. The molecule has 0 aliphatic rings. The van der Waals surface area contributed by atoms with Crippen molar-refractivity contribution in [3.05, 3.63) is 6.92 Å². The molecule has 1 N–H and O–H groups in total. The fourth-order valence-corrected chi connectivity index (χ4v) is 0.965. The average molecular weight is 318 g/mol. The quantitative estimate of drug-likeness (QED) is 0.154. The minimum absolute atomic E-state index is 0.249. The Labute approximate surface area is 107 Å². The number of hydrogen-bond acceptors (Lipinski definition) is 1. The van der Waals surface area contributed by atoms with Gasteiger partial charge in [0, 0.05) is 19.5 Å². The maximum atomic E-state index is 11.7. The van der Waals surface area contributed by atoms with Crippen LogP contribution in [0.3, 0.4) is 0 Å². The van der Waals surface area contributed by atoms with E-state index in [2.05, 4.69) is 6.92 Å². The Morgan fingerprint density at radius 2 is 1.37 bits per heavy atom. The molecule has 0 heterocycles. The molecule has 118 valence electrons. The van der Waals surface area contributed by atoms with Gasteiger partial charge in [0.1, 0.15) is 0 Å². The summed E-state index contributed by atoms with van der Waals surface area (Å²) in [7, 11) is -10.7. The summed E-state index contributed by atoms with van der Waals surface area (Å²) in [6.07, 6.45) is 4.67. The van der Waals surface area contributed by atoms with Crippen LogP contribution in [0, 0.1) is 12.3 Å². The first-order chi connectivity index (χ1) is 8.30. The number of halogens is 7. The maximum Gasteiger partial charge on any atom is 0.0895 e. The van der Waals surface area contributed by atoms with E-state index in [9.17, 15) is 29.6 Å². The summed E-state index contributed by atoms with van der Waals surface area (Å²) < 4.78 is 70.9. The van der Waals surface area contributed by atoms with Gasteiger partial charge >= 0.3 is 33.0 Å². The van der Waals surface area contributed by atoms with Crippen LogP contribution in [0.25, 0.3) is 0 Å². The smallest absolute Gasteiger partial charge is 0.0895 e. The molecule has 2 nitrogen and oxygen atoms in total. The zero-order valence-electron chi connectivity index (χ0n) is 10.3. The summed E-state index contributed by atoms with van der Waals surface area (Å²) in [6.45, 7) is 5.15. The fourth-order valence-electron chi connectivity index (χ4n) is 0.965. The Kier molecular flexibility index (Phi) is 7.77. The molecule has 0 aliphatic carbocycles. The SMILES string of the molecule is F[P-](F)(F)(F)(F)F.[CH2+]CCCN(C=N)CCCCF. The molecule has 0 aromatic carbocycles. The van der Waals surface area contributed by atoms with Crippen molar-refractivity contribution in [1.82, 2.24) is 4.90 Å². The molecular weight excluding hydrogens is 300 g/mol. The van der Waals surface area contributed by atoms with E-state index in [1.54, 1.807) is 0 Å². The fraction of sp³-hybridized carbons (Fsp3) is 0.778. The minimum atomic E-state index is -10.7. The summed E-state index contributed by atoms with van der Waals surface area (Å²) in [6, 6.07) is 0. The number of rotatable bonds is 8. The van der Waals surface area contributed by atoms with Crippen LogP contribution in [0.1, 0.15) is 25.7 Å². The molecule has 0 aromatic heterocycles. The van der Waals surface area contributed by atoms with Gasteiger partial charge in [0.2, 0.25) is 0 Å². The Morgan fingerprint density at radius 1 is 0.947 bits per heavy atom. The van der Waals surface area contributed by atoms with Crippen LogP contribution in [0.5, 0.6) is 0 Å². The standard InChI is InChI=1S/C9H18FN2.F6P/c1-2-3-7-12(9-11)8-5-4-6-10;1-7(2,3,4,5)6/h9,11H,1-8H2;/q+1;-1. The molecule has 0 unspecified atom stereocenters. The van der Waals surface area contributed by atoms with Crippen molar-refractivity contribution in [3.63, 3.8) is 0 Å². The van der Waals surface area contributed by atoms with E-state index < -0.39 is 7.81 Å². The van der Waals surface area contributed by atoms with E-state index >= 15 is 0 Å². The molecule has 0 amide bonds. The predicted molar refractivity (Wildman–Crippen MR) is 63.7 cm³/mol. The van der Waals surface area contributed by atoms with E-state index in [1.807, 2.05) is 4.90 Å². The normalized spacial score (nSPS) is 14.7. The maximum absolute atomic E-state index is 11.7. The van der Waals surface area contributed by atoms with Crippen LogP contribution in [0.4, 0.5) is 29.6 Å². The molecule has 0 radical (unpaired) electrons. The molecule has 0 fully saturated rings. The molecule has 0 aromatic rings. The van der Waals surface area contributed by atoms with Crippen LogP contribution in [0.2, 0.25) is 0 Å². The van der Waals surface area contributed by atoms with E-state index in [0.717, 1.165) is 32.4 Å². The first kappa shape index (κ1) is 20.6. The third-order valence-electron chi connectivity index (χ3n) is 1.71. The topological polar surface area (TPSA) is 27.1 Å². The summed E-state index contributed by atoms with van der Waals surface area (Å²) in [4.78, 5) is 1.90. The zero-order chi connectivity index (χ0) is 15.6. The largest absolute Gasteiger partial charge is 0.363 e. The van der Waals surface area contributed by atoms with E-state index in [4.69, 9.17) is 5.41 Å². The molecule has 0 spiro atoms. The first-order valence-electron chi connectivity index (χ1n) is 5.46. The molecule has 0 saturated carbocycles. The average Bonchev–Trinajstić information content (AvgIpc) is 2.18. The predicted octanol–water partition coefficient (Wildman–Crippen LogP) is 5.64. The summed E-state index contributed by atoms with van der Waals surface area (Å²) in [5, 5.41) is 7.06. The number of unbranched alkanes of at least 4 members (excludes halogenated alkanes) is 2. The van der Waals surface area contributed by atoms with Gasteiger partial charge in [-0.1, -0.05) is 0 Å². The number of nitrogens with zero attached hydrogens (tertiary/aromatic N) is 1. The van der Waals surface area contributed by atoms with Crippen LogP contribution < -0.4 is 0 Å². The van der Waals surface area contributed by atoms with Crippen molar-refractivity contribution in [2.75, 3.05) is 19.8 Å². The van der Waals surface area contributed by atoms with E-state index in [0.29, 0.717) is 6.42 Å².